The molecule has 6 heteroatoms. The third-order valence-corrected chi connectivity index (χ3v) is 2.81. The number of nitrogens with two attached hydrogens (primary N) is 1. The maximum Gasteiger partial charge on any atom is 0.328 e. The van der Waals surface area contributed by atoms with Crippen LogP contribution in [-0.2, 0) is 9.59 Å². The molecule has 0 radical (unpaired) electrons. The van der Waals surface area contributed by atoms with Crippen molar-refractivity contribution in [2.45, 2.75) is 13.0 Å². The highest BCUT2D eigenvalue weighted by Gasteiger charge is 2.10. The number of ether oxygens (including phenoxy) is 1. The van der Waals surface area contributed by atoms with Gasteiger partial charge in [-0.3, -0.25) is 4.79 Å². The maximum atomic E-state index is 10.9. The Morgan fingerprint density at radius 2 is 2.17 bits per heavy atom. The van der Waals surface area contributed by atoms with Crippen molar-refractivity contribution in [3.05, 3.63) is 34.3 Å². The molecule has 0 saturated heterocycles. The summed E-state index contributed by atoms with van der Waals surface area (Å²) in [6, 6.07) is 4.97. The number of amides is 1. The van der Waals surface area contributed by atoms with Crippen LogP contribution in [-0.4, -0.2) is 23.1 Å². The van der Waals surface area contributed by atoms with Crippen LogP contribution in [0.2, 0.25) is 0 Å². The van der Waals surface area contributed by atoms with Gasteiger partial charge < -0.3 is 15.6 Å². The van der Waals surface area contributed by atoms with Crippen LogP contribution < -0.4 is 10.5 Å². The number of hydrogen-bond donors (Lipinski definition) is 2. The van der Waals surface area contributed by atoms with Gasteiger partial charge in [0.15, 0.2) is 6.10 Å². The van der Waals surface area contributed by atoms with Crippen LogP contribution in [0, 0.1) is 0 Å². The van der Waals surface area contributed by atoms with Gasteiger partial charge in [-0.2, -0.15) is 0 Å². The van der Waals surface area contributed by atoms with Crippen LogP contribution in [0.5, 0.6) is 5.75 Å². The highest BCUT2D eigenvalue weighted by atomic mass is 79.9. The number of carboxylic acid groups (broad SMARTS) is 1. The first kappa shape index (κ1) is 14.2. The Morgan fingerprint density at radius 1 is 1.50 bits per heavy atom. The van der Waals surface area contributed by atoms with Crippen molar-refractivity contribution in [1.82, 2.24) is 0 Å². The quantitative estimate of drug-likeness (QED) is 0.811. The highest BCUT2D eigenvalue weighted by molar-refractivity contribution is 9.10. The number of halogens is 1. The summed E-state index contributed by atoms with van der Waals surface area (Å²) >= 11 is 3.28. The lowest BCUT2D eigenvalue weighted by atomic mass is 10.2. The topological polar surface area (TPSA) is 89.6 Å². The molecule has 18 heavy (non-hydrogen) atoms. The Kier molecular flexibility index (Phi) is 4.91. The molecule has 96 valence electrons. The molecule has 0 bridgehead atoms. The monoisotopic (exact) mass is 313 g/mol. The van der Waals surface area contributed by atoms with Gasteiger partial charge in [-0.25, -0.2) is 4.79 Å². The molecule has 0 aliphatic carbocycles. The first-order chi connectivity index (χ1) is 8.40. The predicted octanol–water partition coefficient (Wildman–Crippen LogP) is 1.80. The summed E-state index contributed by atoms with van der Waals surface area (Å²) in [4.78, 5) is 21.3. The van der Waals surface area contributed by atoms with E-state index in [4.69, 9.17) is 15.6 Å². The molecule has 0 aromatic heterocycles. The fraction of sp³-hybridized carbons (Fsp3) is 0.167. The Labute approximate surface area is 112 Å². The van der Waals surface area contributed by atoms with E-state index >= 15 is 0 Å². The lowest BCUT2D eigenvalue weighted by Gasteiger charge is -2.12. The van der Waals surface area contributed by atoms with Gasteiger partial charge in [-0.05, 0) is 36.8 Å². The van der Waals surface area contributed by atoms with Crippen LogP contribution >= 0.6 is 15.9 Å². The molecule has 5 nitrogen and oxygen atoms in total. The fourth-order valence-electron chi connectivity index (χ4n) is 1.15. The number of aliphatic carboxylic acids is 1. The van der Waals surface area contributed by atoms with Crippen LogP contribution in [0.25, 0.3) is 6.08 Å². The summed E-state index contributed by atoms with van der Waals surface area (Å²) in [5.74, 6) is -1.17. The van der Waals surface area contributed by atoms with Gasteiger partial charge in [0.05, 0.1) is 0 Å². The van der Waals surface area contributed by atoms with Gasteiger partial charge >= 0.3 is 5.97 Å². The van der Waals surface area contributed by atoms with Crippen molar-refractivity contribution >= 4 is 33.9 Å². The normalized spacial score (nSPS) is 12.3. The molecule has 0 aliphatic rings. The Balaban J connectivity index is 2.93. The molecular weight excluding hydrogens is 302 g/mol. The van der Waals surface area contributed by atoms with Crippen LogP contribution in [0.15, 0.2) is 28.7 Å². The smallest absolute Gasteiger partial charge is 0.328 e. The summed E-state index contributed by atoms with van der Waals surface area (Å²) in [7, 11) is 0. The Hall–Kier alpha value is -1.82. The number of benzene rings is 1. The molecule has 0 aliphatic heterocycles. The van der Waals surface area contributed by atoms with E-state index in [-0.39, 0.29) is 0 Å². The second kappa shape index (κ2) is 6.20. The molecule has 1 aromatic carbocycles. The van der Waals surface area contributed by atoms with E-state index in [1.165, 1.54) is 13.0 Å². The fourth-order valence-corrected chi connectivity index (χ4v) is 1.52. The third kappa shape index (κ3) is 4.21. The van der Waals surface area contributed by atoms with E-state index in [9.17, 15) is 9.59 Å². The largest absolute Gasteiger partial charge is 0.481 e. The second-order valence-corrected chi connectivity index (χ2v) is 4.37. The number of hydrogen-bond acceptors (Lipinski definition) is 3. The molecular formula is C12H12BrNO4. The summed E-state index contributed by atoms with van der Waals surface area (Å²) < 4.78 is 6.02. The molecule has 0 spiro atoms. The van der Waals surface area contributed by atoms with Gasteiger partial charge in [0, 0.05) is 10.5 Å². The maximum absolute atomic E-state index is 10.9. The Morgan fingerprint density at radius 3 is 2.72 bits per heavy atom. The summed E-state index contributed by atoms with van der Waals surface area (Å²) in [6.45, 7) is 1.54. The minimum Gasteiger partial charge on any atom is -0.481 e. The summed E-state index contributed by atoms with van der Waals surface area (Å²) in [5.41, 5.74) is 5.72. The van der Waals surface area contributed by atoms with E-state index in [1.807, 2.05) is 0 Å². The number of carbonyl (C=O) groups is 2. The summed E-state index contributed by atoms with van der Waals surface area (Å²) in [6.07, 6.45) is 1.69. The van der Waals surface area contributed by atoms with E-state index in [0.29, 0.717) is 11.3 Å². The van der Waals surface area contributed by atoms with Crippen molar-refractivity contribution in [2.75, 3.05) is 0 Å². The minimum atomic E-state index is -1.04. The molecule has 1 unspecified atom stereocenters. The first-order valence-corrected chi connectivity index (χ1v) is 5.86. The molecule has 1 rings (SSSR count). The van der Waals surface area contributed by atoms with Gasteiger partial charge in [0.25, 0.3) is 5.91 Å². The molecule has 0 saturated carbocycles. The molecule has 0 fully saturated rings. The molecule has 1 atom stereocenters. The molecule has 0 heterocycles. The molecule has 3 N–H and O–H groups in total. The molecule has 1 amide bonds. The SMILES string of the molecule is CC(Oc1ccc(Br)c(/C=C/C(=O)O)c1)C(N)=O. The number of carboxylic acids is 1. The third-order valence-electron chi connectivity index (χ3n) is 2.09. The Bertz CT molecular complexity index is 499. The number of primary amides is 1. The zero-order chi connectivity index (χ0) is 13.7. The zero-order valence-electron chi connectivity index (χ0n) is 9.59. The first-order valence-electron chi connectivity index (χ1n) is 5.06. The van der Waals surface area contributed by atoms with E-state index in [1.54, 1.807) is 18.2 Å². The van der Waals surface area contributed by atoms with E-state index < -0.39 is 18.0 Å². The van der Waals surface area contributed by atoms with Crippen LogP contribution in [0.4, 0.5) is 0 Å². The van der Waals surface area contributed by atoms with E-state index in [0.717, 1.165) is 10.5 Å². The van der Waals surface area contributed by atoms with Crippen LogP contribution in [0.1, 0.15) is 12.5 Å². The standard InChI is InChI=1S/C12H12BrNO4/c1-7(12(14)17)18-9-3-4-10(13)8(6-9)2-5-11(15)16/h2-7H,1H3,(H2,14,17)(H,15,16)/b5-2+. The summed E-state index contributed by atoms with van der Waals surface area (Å²) in [5, 5.41) is 8.56. The minimum absolute atomic E-state index is 0.439. The lowest BCUT2D eigenvalue weighted by Crippen LogP contribution is -2.30. The lowest BCUT2D eigenvalue weighted by molar-refractivity contribution is -0.131. The van der Waals surface area contributed by atoms with Crippen molar-refractivity contribution in [3.63, 3.8) is 0 Å². The van der Waals surface area contributed by atoms with Gasteiger partial charge in [-0.15, -0.1) is 0 Å². The van der Waals surface area contributed by atoms with E-state index in [2.05, 4.69) is 15.9 Å². The average Bonchev–Trinajstić information content (AvgIpc) is 2.29. The van der Waals surface area contributed by atoms with Crippen molar-refractivity contribution in [3.8, 4) is 5.75 Å². The average molecular weight is 314 g/mol. The van der Waals surface area contributed by atoms with Crippen molar-refractivity contribution in [1.29, 1.82) is 0 Å². The number of rotatable bonds is 5. The van der Waals surface area contributed by atoms with Crippen molar-refractivity contribution < 1.29 is 19.4 Å². The van der Waals surface area contributed by atoms with Crippen LogP contribution in [0.3, 0.4) is 0 Å². The zero-order valence-corrected chi connectivity index (χ0v) is 11.2. The van der Waals surface area contributed by atoms with Gasteiger partial charge in [0.1, 0.15) is 5.75 Å². The van der Waals surface area contributed by atoms with Gasteiger partial charge in [-0.1, -0.05) is 15.9 Å². The number of carbonyl (C=O) groups excluding carboxylic acids is 1. The second-order valence-electron chi connectivity index (χ2n) is 3.52. The highest BCUT2D eigenvalue weighted by Crippen LogP contribution is 2.24. The predicted molar refractivity (Wildman–Crippen MR) is 70.1 cm³/mol. The van der Waals surface area contributed by atoms with Crippen molar-refractivity contribution in [2.24, 2.45) is 5.73 Å². The molecule has 1 aromatic rings. The van der Waals surface area contributed by atoms with Gasteiger partial charge in [0.2, 0.25) is 0 Å².